The Bertz CT molecular complexity index is 439. The number of rotatable bonds is 3. The summed E-state index contributed by atoms with van der Waals surface area (Å²) in [4.78, 5) is 14.8. The summed E-state index contributed by atoms with van der Waals surface area (Å²) in [6.45, 7) is 1.65. The van der Waals surface area contributed by atoms with Gasteiger partial charge in [0.1, 0.15) is 5.92 Å². The molecular formula is C15H20N2OS. The smallest absolute Gasteiger partial charge is 0.236 e. The number of thiocarbonyl (C=S) groups is 1. The Balaban J connectivity index is 2.19. The SMILES string of the molecule is NC(=S)C(C(=O)N1CCCCCC1)c1ccccc1. The molecule has 2 rings (SSSR count). The molecule has 1 fully saturated rings. The summed E-state index contributed by atoms with van der Waals surface area (Å²) >= 11 is 5.11. The van der Waals surface area contributed by atoms with Crippen molar-refractivity contribution in [2.45, 2.75) is 31.6 Å². The van der Waals surface area contributed by atoms with Crippen LogP contribution >= 0.6 is 12.2 Å². The second-order valence-electron chi connectivity index (χ2n) is 4.99. The molecule has 1 aliphatic heterocycles. The first-order valence-corrected chi connectivity index (χ1v) is 7.24. The van der Waals surface area contributed by atoms with Crippen LogP contribution in [0.2, 0.25) is 0 Å². The molecule has 0 aliphatic carbocycles. The molecule has 0 radical (unpaired) electrons. The van der Waals surface area contributed by atoms with Gasteiger partial charge >= 0.3 is 0 Å². The Morgan fingerprint density at radius 2 is 1.68 bits per heavy atom. The third-order valence-electron chi connectivity index (χ3n) is 3.58. The molecular weight excluding hydrogens is 256 g/mol. The van der Waals surface area contributed by atoms with Crippen molar-refractivity contribution in [3.63, 3.8) is 0 Å². The van der Waals surface area contributed by atoms with E-state index in [1.165, 1.54) is 12.8 Å². The van der Waals surface area contributed by atoms with Gasteiger partial charge in [0.2, 0.25) is 5.91 Å². The van der Waals surface area contributed by atoms with E-state index < -0.39 is 5.92 Å². The first-order valence-electron chi connectivity index (χ1n) is 6.83. The molecule has 0 aromatic heterocycles. The lowest BCUT2D eigenvalue weighted by Crippen LogP contribution is -2.40. The topological polar surface area (TPSA) is 46.3 Å². The number of carbonyl (C=O) groups excluding carboxylic acids is 1. The summed E-state index contributed by atoms with van der Waals surface area (Å²) in [6, 6.07) is 9.59. The summed E-state index contributed by atoms with van der Waals surface area (Å²) in [5.74, 6) is -0.421. The number of hydrogen-bond acceptors (Lipinski definition) is 2. The maximum absolute atomic E-state index is 12.7. The molecule has 2 N–H and O–H groups in total. The van der Waals surface area contributed by atoms with E-state index in [2.05, 4.69) is 0 Å². The Morgan fingerprint density at radius 1 is 1.11 bits per heavy atom. The molecule has 1 amide bonds. The van der Waals surface area contributed by atoms with E-state index in [0.29, 0.717) is 0 Å². The van der Waals surface area contributed by atoms with Crippen molar-refractivity contribution in [3.05, 3.63) is 35.9 Å². The Labute approximate surface area is 119 Å². The van der Waals surface area contributed by atoms with Gasteiger partial charge in [-0.1, -0.05) is 55.4 Å². The van der Waals surface area contributed by atoms with Gasteiger partial charge in [0.25, 0.3) is 0 Å². The number of nitrogens with two attached hydrogens (primary N) is 1. The summed E-state index contributed by atoms with van der Waals surface area (Å²) in [5, 5.41) is 0. The van der Waals surface area contributed by atoms with Crippen molar-refractivity contribution in [1.82, 2.24) is 4.90 Å². The van der Waals surface area contributed by atoms with E-state index in [1.807, 2.05) is 35.2 Å². The maximum Gasteiger partial charge on any atom is 0.236 e. The first kappa shape index (κ1) is 14.0. The second kappa shape index (κ2) is 6.66. The van der Waals surface area contributed by atoms with Gasteiger partial charge in [0.05, 0.1) is 4.99 Å². The fourth-order valence-electron chi connectivity index (χ4n) is 2.55. The van der Waals surface area contributed by atoms with Crippen LogP contribution in [0.5, 0.6) is 0 Å². The summed E-state index contributed by atoms with van der Waals surface area (Å²) < 4.78 is 0. The molecule has 3 nitrogen and oxygen atoms in total. The van der Waals surface area contributed by atoms with Crippen molar-refractivity contribution < 1.29 is 4.79 Å². The minimum Gasteiger partial charge on any atom is -0.392 e. The zero-order valence-corrected chi connectivity index (χ0v) is 11.9. The molecule has 1 aromatic carbocycles. The quantitative estimate of drug-likeness (QED) is 0.863. The van der Waals surface area contributed by atoms with Gasteiger partial charge in [-0.05, 0) is 18.4 Å². The van der Waals surface area contributed by atoms with Gasteiger partial charge in [-0.3, -0.25) is 4.79 Å². The molecule has 1 heterocycles. The summed E-state index contributed by atoms with van der Waals surface area (Å²) in [7, 11) is 0. The number of carbonyl (C=O) groups is 1. The van der Waals surface area contributed by atoms with Gasteiger partial charge in [-0.15, -0.1) is 0 Å². The van der Waals surface area contributed by atoms with Crippen LogP contribution < -0.4 is 5.73 Å². The van der Waals surface area contributed by atoms with Gasteiger partial charge in [0, 0.05) is 13.1 Å². The van der Waals surface area contributed by atoms with Crippen molar-refractivity contribution >= 4 is 23.1 Å². The lowest BCUT2D eigenvalue weighted by Gasteiger charge is -2.25. The molecule has 1 unspecified atom stereocenters. The number of nitrogens with zero attached hydrogens (tertiary/aromatic N) is 1. The Kier molecular flexibility index (Phi) is 4.91. The van der Waals surface area contributed by atoms with Crippen molar-refractivity contribution in [2.75, 3.05) is 13.1 Å². The molecule has 4 heteroatoms. The average molecular weight is 276 g/mol. The Morgan fingerprint density at radius 3 is 2.21 bits per heavy atom. The largest absolute Gasteiger partial charge is 0.392 e. The highest BCUT2D eigenvalue weighted by Crippen LogP contribution is 2.21. The van der Waals surface area contributed by atoms with E-state index in [1.54, 1.807) is 0 Å². The second-order valence-corrected chi connectivity index (χ2v) is 5.46. The number of likely N-dealkylation sites (tertiary alicyclic amines) is 1. The lowest BCUT2D eigenvalue weighted by molar-refractivity contribution is -0.131. The van der Waals surface area contributed by atoms with Gasteiger partial charge in [-0.25, -0.2) is 0 Å². The van der Waals surface area contributed by atoms with E-state index in [4.69, 9.17) is 18.0 Å². The van der Waals surface area contributed by atoms with Crippen LogP contribution in [0.1, 0.15) is 37.2 Å². The van der Waals surface area contributed by atoms with E-state index in [-0.39, 0.29) is 10.9 Å². The highest BCUT2D eigenvalue weighted by atomic mass is 32.1. The van der Waals surface area contributed by atoms with Crippen LogP contribution in [0, 0.1) is 0 Å². The molecule has 0 spiro atoms. The number of amides is 1. The molecule has 1 aromatic rings. The maximum atomic E-state index is 12.7. The normalized spacial score (nSPS) is 17.6. The zero-order valence-electron chi connectivity index (χ0n) is 11.0. The minimum atomic E-state index is -0.478. The third kappa shape index (κ3) is 3.53. The van der Waals surface area contributed by atoms with Crippen LogP contribution in [0.25, 0.3) is 0 Å². The first-order chi connectivity index (χ1) is 9.20. The highest BCUT2D eigenvalue weighted by Gasteiger charge is 2.28. The number of hydrogen-bond donors (Lipinski definition) is 1. The van der Waals surface area contributed by atoms with Crippen LogP contribution in [-0.2, 0) is 4.79 Å². The Hall–Kier alpha value is -1.42. The van der Waals surface area contributed by atoms with Crippen LogP contribution in [-0.4, -0.2) is 28.9 Å². The van der Waals surface area contributed by atoms with Crippen LogP contribution in [0.3, 0.4) is 0 Å². The fraction of sp³-hybridized carbons (Fsp3) is 0.467. The molecule has 1 atom stereocenters. The molecule has 0 saturated carbocycles. The predicted molar refractivity (Wildman–Crippen MR) is 81.0 cm³/mol. The van der Waals surface area contributed by atoms with Crippen molar-refractivity contribution in [1.29, 1.82) is 0 Å². The summed E-state index contributed by atoms with van der Waals surface area (Å²) in [6.07, 6.45) is 4.55. The lowest BCUT2D eigenvalue weighted by atomic mass is 9.97. The highest BCUT2D eigenvalue weighted by molar-refractivity contribution is 7.80. The van der Waals surface area contributed by atoms with Crippen molar-refractivity contribution in [3.8, 4) is 0 Å². The zero-order chi connectivity index (χ0) is 13.7. The van der Waals surface area contributed by atoms with E-state index >= 15 is 0 Å². The fourth-order valence-corrected chi connectivity index (χ4v) is 2.78. The molecule has 1 aliphatic rings. The minimum absolute atomic E-state index is 0.0561. The van der Waals surface area contributed by atoms with E-state index in [9.17, 15) is 4.79 Å². The van der Waals surface area contributed by atoms with Gasteiger partial charge < -0.3 is 10.6 Å². The van der Waals surface area contributed by atoms with Crippen LogP contribution in [0.4, 0.5) is 0 Å². The summed E-state index contributed by atoms with van der Waals surface area (Å²) in [5.41, 5.74) is 6.69. The molecule has 19 heavy (non-hydrogen) atoms. The molecule has 1 saturated heterocycles. The van der Waals surface area contributed by atoms with Gasteiger partial charge in [-0.2, -0.15) is 0 Å². The predicted octanol–water partition coefficient (Wildman–Crippen LogP) is 2.46. The van der Waals surface area contributed by atoms with Crippen molar-refractivity contribution in [2.24, 2.45) is 5.73 Å². The monoisotopic (exact) mass is 276 g/mol. The molecule has 0 bridgehead atoms. The van der Waals surface area contributed by atoms with Gasteiger partial charge in [0.15, 0.2) is 0 Å². The van der Waals surface area contributed by atoms with Crippen LogP contribution in [0.15, 0.2) is 30.3 Å². The van der Waals surface area contributed by atoms with E-state index in [0.717, 1.165) is 31.5 Å². The third-order valence-corrected chi connectivity index (χ3v) is 3.82. The molecule has 102 valence electrons. The number of benzene rings is 1. The standard InChI is InChI=1S/C15H20N2OS/c16-14(19)13(12-8-4-3-5-9-12)15(18)17-10-6-1-2-7-11-17/h3-5,8-9,13H,1-2,6-7,10-11H2,(H2,16,19). The average Bonchev–Trinajstić information content (AvgIpc) is 2.68.